The van der Waals surface area contributed by atoms with E-state index in [0.29, 0.717) is 4.77 Å². The molecule has 0 aliphatic carbocycles. The topological polar surface area (TPSA) is 45.7 Å². The number of hydrogen-bond donors (Lipinski definition) is 2. The summed E-state index contributed by atoms with van der Waals surface area (Å²) in [6.07, 6.45) is 3.41. The van der Waals surface area contributed by atoms with Gasteiger partial charge in [0.05, 0.1) is 6.20 Å². The van der Waals surface area contributed by atoms with Gasteiger partial charge in [0.2, 0.25) is 0 Å². The van der Waals surface area contributed by atoms with Crippen LogP contribution >= 0.6 is 12.2 Å². The normalized spacial score (nSPS) is 9.00. The number of aromatic amines is 1. The number of rotatable bonds is 0. The molecule has 0 fully saturated rings. The molecule has 0 aromatic carbocycles. The maximum atomic E-state index is 5.30. The maximum Gasteiger partial charge on any atom is 0.371 e. The molecule has 0 saturated heterocycles. The van der Waals surface area contributed by atoms with Gasteiger partial charge in [0.25, 0.3) is 0 Å². The second-order valence-corrected chi connectivity index (χ2v) is 1.75. The molecule has 4 heteroatoms. The van der Waals surface area contributed by atoms with Gasteiger partial charge in [0.15, 0.2) is 0 Å². The van der Waals surface area contributed by atoms with Gasteiger partial charge in [-0.15, -0.1) is 4.68 Å². The predicted octanol–water partition coefficient (Wildman–Crippen LogP) is -0.255. The van der Waals surface area contributed by atoms with Crippen molar-refractivity contribution >= 4 is 12.2 Å². The minimum absolute atomic E-state index is 0.521. The molecule has 42 valence electrons. The van der Waals surface area contributed by atoms with Crippen molar-refractivity contribution in [3.8, 4) is 0 Å². The average Bonchev–Trinajstić information content (AvgIpc) is 1.77. The van der Waals surface area contributed by atoms with E-state index >= 15 is 0 Å². The Bertz CT molecular complexity index is 229. The molecule has 3 N–H and O–H groups in total. The van der Waals surface area contributed by atoms with Crippen LogP contribution in [-0.4, -0.2) is 4.98 Å². The minimum atomic E-state index is 0.521. The molecule has 0 unspecified atom stereocenters. The van der Waals surface area contributed by atoms with Gasteiger partial charge >= 0.3 is 4.77 Å². The highest BCUT2D eigenvalue weighted by atomic mass is 32.1. The van der Waals surface area contributed by atoms with Gasteiger partial charge in [-0.25, -0.2) is 4.98 Å². The SMILES string of the molecule is N[n+]1ccc[nH]c1=S. The van der Waals surface area contributed by atoms with Crippen molar-refractivity contribution < 1.29 is 4.68 Å². The molecule has 3 nitrogen and oxygen atoms in total. The van der Waals surface area contributed by atoms with Crippen molar-refractivity contribution in [3.63, 3.8) is 0 Å². The highest BCUT2D eigenvalue weighted by Crippen LogP contribution is 1.69. The highest BCUT2D eigenvalue weighted by Gasteiger charge is 1.86. The number of hydrogen-bond acceptors (Lipinski definition) is 2. The minimum Gasteiger partial charge on any atom is -0.268 e. The summed E-state index contributed by atoms with van der Waals surface area (Å²) >= 11 is 4.74. The first-order chi connectivity index (χ1) is 3.80. The number of nitrogen functional groups attached to an aromatic ring is 1. The van der Waals surface area contributed by atoms with Crippen LogP contribution in [0.2, 0.25) is 0 Å². The molecule has 0 bridgehead atoms. The Labute approximate surface area is 51.7 Å². The van der Waals surface area contributed by atoms with E-state index in [1.807, 2.05) is 0 Å². The van der Waals surface area contributed by atoms with Gasteiger partial charge < -0.3 is 0 Å². The van der Waals surface area contributed by atoms with Crippen LogP contribution in [0.15, 0.2) is 18.5 Å². The van der Waals surface area contributed by atoms with E-state index in [2.05, 4.69) is 4.98 Å². The fourth-order valence-electron chi connectivity index (χ4n) is 0.397. The Morgan fingerprint density at radius 3 is 2.88 bits per heavy atom. The quantitative estimate of drug-likeness (QED) is 0.287. The molecule has 0 aliphatic heterocycles. The van der Waals surface area contributed by atoms with Crippen LogP contribution in [0.3, 0.4) is 0 Å². The summed E-state index contributed by atoms with van der Waals surface area (Å²) in [5.41, 5.74) is 0. The lowest BCUT2D eigenvalue weighted by Crippen LogP contribution is -2.45. The number of nitrogens with two attached hydrogens (primary N) is 1. The fraction of sp³-hybridized carbons (Fsp3) is 0. The summed E-state index contributed by atoms with van der Waals surface area (Å²) in [7, 11) is 0. The molecule has 0 radical (unpaired) electrons. The molecular formula is C4H6N3S+. The van der Waals surface area contributed by atoms with Crippen LogP contribution in [0, 0.1) is 4.77 Å². The summed E-state index contributed by atoms with van der Waals surface area (Å²) in [5.74, 6) is 5.30. The zero-order valence-corrected chi connectivity index (χ0v) is 4.98. The molecule has 0 saturated carbocycles. The monoisotopic (exact) mass is 128 g/mol. The third-order valence-corrected chi connectivity index (χ3v) is 1.11. The van der Waals surface area contributed by atoms with Crippen molar-refractivity contribution in [2.75, 3.05) is 5.84 Å². The molecular weight excluding hydrogens is 122 g/mol. The summed E-state index contributed by atoms with van der Waals surface area (Å²) in [6.45, 7) is 0. The standard InChI is InChI=1S/C4H5N3S/c5-7-3-1-2-6-4(7)8/h1-3H,5H2/p+1. The van der Waals surface area contributed by atoms with Crippen molar-refractivity contribution in [1.29, 1.82) is 0 Å². The molecule has 0 spiro atoms. The van der Waals surface area contributed by atoms with Crippen molar-refractivity contribution in [2.45, 2.75) is 0 Å². The third kappa shape index (κ3) is 0.840. The van der Waals surface area contributed by atoms with Gasteiger partial charge in [-0.3, -0.25) is 5.84 Å². The second-order valence-electron chi connectivity index (χ2n) is 1.36. The molecule has 1 aromatic heterocycles. The Hall–Kier alpha value is -0.900. The summed E-state index contributed by atoms with van der Waals surface area (Å²) in [6, 6.07) is 1.77. The van der Waals surface area contributed by atoms with Crippen LogP contribution < -0.4 is 10.5 Å². The lowest BCUT2D eigenvalue weighted by molar-refractivity contribution is -0.649. The smallest absolute Gasteiger partial charge is 0.268 e. The largest absolute Gasteiger partial charge is 0.371 e. The summed E-state index contributed by atoms with van der Waals surface area (Å²) < 4.78 is 1.86. The molecule has 8 heavy (non-hydrogen) atoms. The summed E-state index contributed by atoms with van der Waals surface area (Å²) in [5, 5.41) is 0. The number of H-pyrrole nitrogens is 1. The first-order valence-corrected chi connectivity index (χ1v) is 2.56. The van der Waals surface area contributed by atoms with Crippen LogP contribution in [-0.2, 0) is 0 Å². The van der Waals surface area contributed by atoms with E-state index in [-0.39, 0.29) is 0 Å². The van der Waals surface area contributed by atoms with E-state index in [0.717, 1.165) is 0 Å². The van der Waals surface area contributed by atoms with Crippen LogP contribution in [0.1, 0.15) is 0 Å². The zero-order valence-electron chi connectivity index (χ0n) is 4.16. The first kappa shape index (κ1) is 5.24. The van der Waals surface area contributed by atoms with E-state index in [9.17, 15) is 0 Å². The van der Waals surface area contributed by atoms with Gasteiger partial charge in [-0.1, -0.05) is 0 Å². The Balaban J connectivity index is 3.35. The van der Waals surface area contributed by atoms with E-state index < -0.39 is 0 Å². The van der Waals surface area contributed by atoms with E-state index in [4.69, 9.17) is 18.1 Å². The van der Waals surface area contributed by atoms with Crippen LogP contribution in [0.25, 0.3) is 0 Å². The molecule has 1 heterocycles. The molecule has 1 rings (SSSR count). The third-order valence-electron chi connectivity index (χ3n) is 0.784. The Morgan fingerprint density at radius 2 is 2.50 bits per heavy atom. The predicted molar refractivity (Wildman–Crippen MR) is 32.0 cm³/mol. The van der Waals surface area contributed by atoms with Gasteiger partial charge in [0, 0.05) is 18.3 Å². The van der Waals surface area contributed by atoms with Crippen molar-refractivity contribution in [3.05, 3.63) is 23.2 Å². The zero-order chi connectivity index (χ0) is 5.98. The van der Waals surface area contributed by atoms with Gasteiger partial charge in [-0.05, 0) is 0 Å². The van der Waals surface area contributed by atoms with E-state index in [1.165, 1.54) is 4.68 Å². The number of nitrogens with zero attached hydrogens (tertiary/aromatic N) is 1. The number of nitrogens with one attached hydrogen (secondary N) is 1. The Kier molecular flexibility index (Phi) is 1.26. The number of aromatic nitrogens is 2. The maximum absolute atomic E-state index is 5.30. The molecule has 0 amide bonds. The highest BCUT2D eigenvalue weighted by molar-refractivity contribution is 7.71. The molecule has 1 aromatic rings. The molecule has 0 atom stereocenters. The van der Waals surface area contributed by atoms with E-state index in [1.54, 1.807) is 18.5 Å². The van der Waals surface area contributed by atoms with Crippen LogP contribution in [0.5, 0.6) is 0 Å². The van der Waals surface area contributed by atoms with Crippen LogP contribution in [0.4, 0.5) is 0 Å². The fourth-order valence-corrected chi connectivity index (χ4v) is 0.526. The van der Waals surface area contributed by atoms with Gasteiger partial charge in [0.1, 0.15) is 6.20 Å². The second kappa shape index (κ2) is 1.92. The Morgan fingerprint density at radius 1 is 1.75 bits per heavy atom. The summed E-state index contributed by atoms with van der Waals surface area (Å²) in [4.78, 5) is 2.75. The van der Waals surface area contributed by atoms with Gasteiger partial charge in [-0.2, -0.15) is 0 Å². The molecule has 0 aliphatic rings. The first-order valence-electron chi connectivity index (χ1n) is 2.15. The lowest BCUT2D eigenvalue weighted by atomic mass is 10.7. The average molecular weight is 128 g/mol. The van der Waals surface area contributed by atoms with Crippen molar-refractivity contribution in [1.82, 2.24) is 4.98 Å². The lowest BCUT2D eigenvalue weighted by Gasteiger charge is -1.82. The van der Waals surface area contributed by atoms with Crippen molar-refractivity contribution in [2.24, 2.45) is 0 Å².